The Morgan fingerprint density at radius 2 is 2.07 bits per heavy atom. The molecule has 2 heterocycles. The van der Waals surface area contributed by atoms with Gasteiger partial charge in [0.2, 0.25) is 5.95 Å². The minimum atomic E-state index is -0.163. The van der Waals surface area contributed by atoms with E-state index in [9.17, 15) is 4.79 Å². The van der Waals surface area contributed by atoms with Crippen LogP contribution in [0.4, 0.5) is 11.8 Å². The van der Waals surface area contributed by atoms with Crippen molar-refractivity contribution in [3.05, 3.63) is 51.4 Å². The van der Waals surface area contributed by atoms with Crippen molar-refractivity contribution in [2.24, 2.45) is 5.92 Å². The summed E-state index contributed by atoms with van der Waals surface area (Å²) in [6.07, 6.45) is 1.60. The molecule has 1 aromatic carbocycles. The molecule has 0 aliphatic rings. The number of ether oxygens (including phenoxy) is 1. The van der Waals surface area contributed by atoms with Crippen molar-refractivity contribution in [2.45, 2.75) is 20.4 Å². The lowest BCUT2D eigenvalue weighted by atomic mass is 10.1. The quantitative estimate of drug-likeness (QED) is 0.573. The van der Waals surface area contributed by atoms with Crippen molar-refractivity contribution in [3.63, 3.8) is 0 Å². The van der Waals surface area contributed by atoms with Gasteiger partial charge in [0.15, 0.2) is 11.6 Å². The fraction of sp³-hybridized carbons (Fsp3) is 0.316. The van der Waals surface area contributed by atoms with Crippen molar-refractivity contribution in [2.75, 3.05) is 24.3 Å². The molecule has 3 N–H and O–H groups in total. The van der Waals surface area contributed by atoms with Crippen LogP contribution >= 0.6 is 11.6 Å². The Bertz CT molecular complexity index is 1000. The summed E-state index contributed by atoms with van der Waals surface area (Å²) < 4.78 is 5.29. The average molecular weight is 388 g/mol. The summed E-state index contributed by atoms with van der Waals surface area (Å²) in [5.74, 6) is 2.05. The molecule has 0 spiro atoms. The molecule has 27 heavy (non-hydrogen) atoms. The fourth-order valence-electron chi connectivity index (χ4n) is 2.56. The Morgan fingerprint density at radius 1 is 1.26 bits per heavy atom. The predicted octanol–water partition coefficient (Wildman–Crippen LogP) is 3.66. The first-order valence-electron chi connectivity index (χ1n) is 8.66. The van der Waals surface area contributed by atoms with Crippen molar-refractivity contribution < 1.29 is 4.74 Å². The number of fused-ring (bicyclic) bond motifs is 1. The summed E-state index contributed by atoms with van der Waals surface area (Å²) in [5, 5.41) is 7.82. The third-order valence-electron chi connectivity index (χ3n) is 3.97. The van der Waals surface area contributed by atoms with E-state index in [0.29, 0.717) is 34.0 Å². The first-order valence-corrected chi connectivity index (χ1v) is 9.04. The summed E-state index contributed by atoms with van der Waals surface area (Å²) >= 11 is 6.04. The number of halogens is 1. The van der Waals surface area contributed by atoms with Crippen molar-refractivity contribution >= 4 is 34.3 Å². The molecule has 0 fully saturated rings. The molecular formula is C19H22ClN5O2. The molecule has 2 aromatic heterocycles. The third-order valence-corrected chi connectivity index (χ3v) is 4.21. The van der Waals surface area contributed by atoms with E-state index in [2.05, 4.69) is 39.4 Å². The van der Waals surface area contributed by atoms with E-state index in [1.807, 2.05) is 12.1 Å². The highest BCUT2D eigenvalue weighted by Gasteiger charge is 2.09. The molecule has 0 aliphatic carbocycles. The zero-order chi connectivity index (χ0) is 19.4. The molecule has 0 amide bonds. The highest BCUT2D eigenvalue weighted by Crippen LogP contribution is 2.22. The van der Waals surface area contributed by atoms with Crippen LogP contribution in [0.3, 0.4) is 0 Å². The first kappa shape index (κ1) is 19.0. The smallest absolute Gasteiger partial charge is 0.253 e. The molecular weight excluding hydrogens is 366 g/mol. The molecule has 7 nitrogen and oxygen atoms in total. The number of rotatable bonds is 7. The van der Waals surface area contributed by atoms with Gasteiger partial charge < -0.3 is 20.4 Å². The van der Waals surface area contributed by atoms with E-state index in [1.54, 1.807) is 25.4 Å². The van der Waals surface area contributed by atoms with Gasteiger partial charge in [-0.1, -0.05) is 25.4 Å². The molecule has 0 aliphatic heterocycles. The zero-order valence-corrected chi connectivity index (χ0v) is 16.2. The van der Waals surface area contributed by atoms with Gasteiger partial charge >= 0.3 is 0 Å². The van der Waals surface area contributed by atoms with Gasteiger partial charge in [0.05, 0.1) is 13.3 Å². The maximum Gasteiger partial charge on any atom is 0.253 e. The van der Waals surface area contributed by atoms with Crippen LogP contribution in [0.5, 0.6) is 5.75 Å². The van der Waals surface area contributed by atoms with Crippen LogP contribution in [0, 0.1) is 5.92 Å². The van der Waals surface area contributed by atoms with E-state index in [-0.39, 0.29) is 12.1 Å². The molecule has 142 valence electrons. The Morgan fingerprint density at radius 3 is 2.81 bits per heavy atom. The lowest BCUT2D eigenvalue weighted by molar-refractivity contribution is 0.412. The number of nitrogens with one attached hydrogen (secondary N) is 3. The zero-order valence-electron chi connectivity index (χ0n) is 15.5. The van der Waals surface area contributed by atoms with E-state index in [0.717, 1.165) is 17.4 Å². The average Bonchev–Trinajstić information content (AvgIpc) is 2.65. The van der Waals surface area contributed by atoms with Gasteiger partial charge in [-0.25, -0.2) is 4.98 Å². The van der Waals surface area contributed by atoms with Crippen LogP contribution in [-0.2, 0) is 6.54 Å². The van der Waals surface area contributed by atoms with Gasteiger partial charge in [-0.05, 0) is 30.2 Å². The minimum Gasteiger partial charge on any atom is -0.491 e. The number of methoxy groups -OCH3 is 1. The second-order valence-corrected chi connectivity index (χ2v) is 7.03. The van der Waals surface area contributed by atoms with Gasteiger partial charge in [-0.15, -0.1) is 0 Å². The monoisotopic (exact) mass is 387 g/mol. The normalized spacial score (nSPS) is 11.0. The number of hydrogen-bond donors (Lipinski definition) is 3. The highest BCUT2D eigenvalue weighted by atomic mass is 35.5. The maximum absolute atomic E-state index is 12.3. The molecule has 0 saturated heterocycles. The van der Waals surface area contributed by atoms with Crippen LogP contribution < -0.4 is 20.9 Å². The molecule has 0 atom stereocenters. The molecule has 0 saturated carbocycles. The lowest BCUT2D eigenvalue weighted by Gasteiger charge is -2.13. The summed E-state index contributed by atoms with van der Waals surface area (Å²) in [6.45, 7) is 5.27. The van der Waals surface area contributed by atoms with Gasteiger partial charge in [-0.2, -0.15) is 4.98 Å². The largest absolute Gasteiger partial charge is 0.491 e. The Balaban J connectivity index is 1.80. The van der Waals surface area contributed by atoms with Crippen LogP contribution in [0.25, 0.3) is 10.9 Å². The van der Waals surface area contributed by atoms with Gasteiger partial charge in [0, 0.05) is 34.6 Å². The highest BCUT2D eigenvalue weighted by molar-refractivity contribution is 6.31. The summed E-state index contributed by atoms with van der Waals surface area (Å²) in [6, 6.07) is 7.16. The fourth-order valence-corrected chi connectivity index (χ4v) is 2.74. The lowest BCUT2D eigenvalue weighted by Crippen LogP contribution is -2.17. The van der Waals surface area contributed by atoms with Crippen LogP contribution in [0.2, 0.25) is 5.02 Å². The predicted molar refractivity (Wildman–Crippen MR) is 109 cm³/mol. The third kappa shape index (κ3) is 4.68. The van der Waals surface area contributed by atoms with Crippen molar-refractivity contribution in [1.82, 2.24) is 15.0 Å². The minimum absolute atomic E-state index is 0.163. The Labute approximate surface area is 162 Å². The summed E-state index contributed by atoms with van der Waals surface area (Å²) in [4.78, 5) is 23.8. The van der Waals surface area contributed by atoms with Gasteiger partial charge in [0.25, 0.3) is 5.56 Å². The summed E-state index contributed by atoms with van der Waals surface area (Å²) in [7, 11) is 1.58. The number of aromatic amines is 1. The second kappa shape index (κ2) is 8.26. The van der Waals surface area contributed by atoms with Crippen LogP contribution in [0.15, 0.2) is 35.3 Å². The summed E-state index contributed by atoms with van der Waals surface area (Å²) in [5.41, 5.74) is 1.15. The molecule has 3 rings (SSSR count). The molecule has 3 aromatic rings. The second-order valence-electron chi connectivity index (χ2n) is 6.59. The van der Waals surface area contributed by atoms with Crippen molar-refractivity contribution in [3.8, 4) is 5.75 Å². The molecule has 0 bridgehead atoms. The molecule has 8 heteroatoms. The van der Waals surface area contributed by atoms with E-state index >= 15 is 0 Å². The first-order chi connectivity index (χ1) is 13.0. The van der Waals surface area contributed by atoms with Crippen LogP contribution in [-0.4, -0.2) is 28.6 Å². The number of aromatic nitrogens is 3. The standard InChI is InChI=1S/C19H22ClN5O2/c1-11(2)8-21-17-16(27-3)10-23-19(25-17)22-9-13-6-12-7-14(20)4-5-15(12)24-18(13)26/h4-7,10-11H,8-9H2,1-3H3,(H,24,26)(H2,21,22,23,25). The number of hydrogen-bond acceptors (Lipinski definition) is 6. The van der Waals surface area contributed by atoms with E-state index in [4.69, 9.17) is 16.3 Å². The molecule has 0 radical (unpaired) electrons. The SMILES string of the molecule is COc1cnc(NCc2cc3cc(Cl)ccc3[nH]c2=O)nc1NCC(C)C. The number of anilines is 2. The Kier molecular flexibility index (Phi) is 5.81. The molecule has 0 unspecified atom stereocenters. The number of nitrogens with zero attached hydrogens (tertiary/aromatic N) is 2. The maximum atomic E-state index is 12.3. The number of pyridine rings is 1. The van der Waals surface area contributed by atoms with Gasteiger partial charge in [0.1, 0.15) is 0 Å². The van der Waals surface area contributed by atoms with Gasteiger partial charge in [-0.3, -0.25) is 4.79 Å². The van der Waals surface area contributed by atoms with Crippen molar-refractivity contribution in [1.29, 1.82) is 0 Å². The number of H-pyrrole nitrogens is 1. The topological polar surface area (TPSA) is 91.9 Å². The Hall–Kier alpha value is -2.80. The van der Waals surface area contributed by atoms with E-state index in [1.165, 1.54) is 0 Å². The van der Waals surface area contributed by atoms with Crippen LogP contribution in [0.1, 0.15) is 19.4 Å². The van der Waals surface area contributed by atoms with E-state index < -0.39 is 0 Å². The number of benzene rings is 1.